The van der Waals surface area contributed by atoms with Gasteiger partial charge in [-0.1, -0.05) is 84.4 Å². The van der Waals surface area contributed by atoms with Gasteiger partial charge < -0.3 is 9.84 Å². The average molecular weight is 516 g/mol. The van der Waals surface area contributed by atoms with E-state index in [4.69, 9.17) is 4.74 Å². The van der Waals surface area contributed by atoms with E-state index in [1.54, 1.807) is 31.2 Å². The van der Waals surface area contributed by atoms with Gasteiger partial charge in [-0.3, -0.25) is 4.79 Å². The van der Waals surface area contributed by atoms with Crippen molar-refractivity contribution in [2.75, 3.05) is 0 Å². The maximum Gasteiger partial charge on any atom is 0.311 e. The summed E-state index contributed by atoms with van der Waals surface area (Å²) in [5.41, 5.74) is 3.35. The van der Waals surface area contributed by atoms with Crippen LogP contribution in [0.4, 0.5) is 0 Å². The zero-order valence-corrected chi connectivity index (χ0v) is 21.5. The highest BCUT2D eigenvalue weighted by molar-refractivity contribution is 7.89. The smallest absolute Gasteiger partial charge is 0.311 e. The predicted octanol–water partition coefficient (Wildman–Crippen LogP) is 5.01. The number of aliphatic hydroxyl groups excluding tert-OH is 1. The van der Waals surface area contributed by atoms with Crippen LogP contribution in [0, 0.1) is 12.8 Å². The summed E-state index contributed by atoms with van der Waals surface area (Å²) in [6.07, 6.45) is -1.52. The van der Waals surface area contributed by atoms with Crippen LogP contribution in [-0.4, -0.2) is 25.6 Å². The van der Waals surface area contributed by atoms with E-state index in [2.05, 4.69) is 4.72 Å². The highest BCUT2D eigenvalue weighted by Gasteiger charge is 2.41. The van der Waals surface area contributed by atoms with E-state index < -0.39 is 40.2 Å². The maximum atomic E-state index is 13.4. The molecule has 1 aliphatic rings. The van der Waals surface area contributed by atoms with Crippen LogP contribution in [0.25, 0.3) is 10.8 Å². The highest BCUT2D eigenvalue weighted by atomic mass is 32.2. The Morgan fingerprint density at radius 1 is 0.919 bits per heavy atom. The first-order valence-corrected chi connectivity index (χ1v) is 13.8. The number of aryl methyl sites for hydroxylation is 1. The Balaban J connectivity index is 1.44. The van der Waals surface area contributed by atoms with E-state index >= 15 is 0 Å². The molecule has 0 aromatic heterocycles. The van der Waals surface area contributed by atoms with Gasteiger partial charge in [0.05, 0.1) is 23.0 Å². The lowest BCUT2D eigenvalue weighted by Crippen LogP contribution is -2.35. The summed E-state index contributed by atoms with van der Waals surface area (Å²) in [6.45, 7) is 3.52. The summed E-state index contributed by atoms with van der Waals surface area (Å²) >= 11 is 0. The third-order valence-electron chi connectivity index (χ3n) is 7.01. The zero-order chi connectivity index (χ0) is 26.2. The second-order valence-corrected chi connectivity index (χ2v) is 11.3. The summed E-state index contributed by atoms with van der Waals surface area (Å²) in [7, 11) is -3.91. The third kappa shape index (κ3) is 5.03. The standard InChI is InChI=1S/C30H29NO5S/c1-19-14-16-23(17-15-19)37(34,35)31-28-24-12-6-10-22-11-7-13-25(27(22)24)29(28)36-30(33)20(2)26(32)18-21-8-4-3-5-9-21/h3-17,20,26,28-29,31-32H,18H2,1-2H3/t20-,26-,28-,29+/m1/s1. The van der Waals surface area contributed by atoms with Gasteiger partial charge in [0.25, 0.3) is 0 Å². The number of nitrogens with one attached hydrogen (secondary N) is 1. The van der Waals surface area contributed by atoms with Gasteiger partial charge in [-0.25, -0.2) is 8.42 Å². The maximum absolute atomic E-state index is 13.4. The van der Waals surface area contributed by atoms with E-state index in [9.17, 15) is 18.3 Å². The summed E-state index contributed by atoms with van der Waals surface area (Å²) in [5.74, 6) is -1.39. The van der Waals surface area contributed by atoms with Crippen molar-refractivity contribution >= 4 is 26.8 Å². The topological polar surface area (TPSA) is 92.7 Å². The van der Waals surface area contributed by atoms with Gasteiger partial charge in [0.15, 0.2) is 0 Å². The van der Waals surface area contributed by atoms with Crippen molar-refractivity contribution in [2.24, 2.45) is 5.92 Å². The molecule has 0 fully saturated rings. The molecule has 37 heavy (non-hydrogen) atoms. The van der Waals surface area contributed by atoms with E-state index in [1.807, 2.05) is 73.7 Å². The van der Waals surface area contributed by atoms with Crippen LogP contribution in [0.15, 0.2) is 95.9 Å². The van der Waals surface area contributed by atoms with Gasteiger partial charge in [0.1, 0.15) is 6.10 Å². The molecule has 0 radical (unpaired) electrons. The Kier molecular flexibility index (Phi) is 6.86. The van der Waals surface area contributed by atoms with Gasteiger partial charge in [0, 0.05) is 5.56 Å². The Morgan fingerprint density at radius 2 is 1.57 bits per heavy atom. The second-order valence-electron chi connectivity index (χ2n) is 9.61. The lowest BCUT2D eigenvalue weighted by molar-refractivity contribution is -0.158. The molecule has 4 aromatic carbocycles. The molecule has 4 atom stereocenters. The van der Waals surface area contributed by atoms with Gasteiger partial charge in [-0.2, -0.15) is 4.72 Å². The van der Waals surface area contributed by atoms with Crippen LogP contribution in [0.1, 0.15) is 41.3 Å². The van der Waals surface area contributed by atoms with Crippen molar-refractivity contribution in [3.05, 3.63) is 113 Å². The first-order valence-electron chi connectivity index (χ1n) is 12.3. The minimum atomic E-state index is -3.91. The van der Waals surface area contributed by atoms with Gasteiger partial charge in [-0.05, 0) is 54.3 Å². The van der Waals surface area contributed by atoms with Crippen molar-refractivity contribution in [3.63, 3.8) is 0 Å². The number of aliphatic hydroxyl groups is 1. The first kappa shape index (κ1) is 25.1. The minimum Gasteiger partial charge on any atom is -0.455 e. The molecular weight excluding hydrogens is 486 g/mol. The molecular formula is C30H29NO5S. The normalized spacial score (nSPS) is 18.5. The molecule has 1 aliphatic carbocycles. The minimum absolute atomic E-state index is 0.137. The van der Waals surface area contributed by atoms with E-state index in [1.165, 1.54) is 0 Å². The van der Waals surface area contributed by atoms with Crippen molar-refractivity contribution < 1.29 is 23.1 Å². The quantitative estimate of drug-likeness (QED) is 0.322. The van der Waals surface area contributed by atoms with Crippen LogP contribution in [0.3, 0.4) is 0 Å². The lowest BCUT2D eigenvalue weighted by Gasteiger charge is -2.26. The summed E-state index contributed by atoms with van der Waals surface area (Å²) in [4.78, 5) is 13.4. The SMILES string of the molecule is Cc1ccc(S(=O)(=O)N[C@@H]2c3cccc4cccc(c34)[C@@H]2OC(=O)[C@H](C)[C@H](O)Cc2ccccc2)cc1. The molecule has 0 bridgehead atoms. The molecule has 5 rings (SSSR count). The number of carbonyl (C=O) groups excluding carboxylic acids is 1. The first-order chi connectivity index (χ1) is 17.7. The van der Waals surface area contributed by atoms with Crippen molar-refractivity contribution in [1.82, 2.24) is 4.72 Å². The Bertz CT molecular complexity index is 1530. The number of sulfonamides is 1. The molecule has 0 spiro atoms. The van der Waals surface area contributed by atoms with Crippen molar-refractivity contribution in [3.8, 4) is 0 Å². The lowest BCUT2D eigenvalue weighted by atomic mass is 9.97. The van der Waals surface area contributed by atoms with Crippen LogP contribution >= 0.6 is 0 Å². The van der Waals surface area contributed by atoms with Crippen molar-refractivity contribution in [2.45, 2.75) is 43.4 Å². The van der Waals surface area contributed by atoms with E-state index in [0.717, 1.165) is 33.0 Å². The third-order valence-corrected chi connectivity index (χ3v) is 8.46. The number of benzene rings is 4. The van der Waals surface area contributed by atoms with Gasteiger partial charge in [-0.15, -0.1) is 0 Å². The molecule has 190 valence electrons. The van der Waals surface area contributed by atoms with E-state index in [-0.39, 0.29) is 4.90 Å². The average Bonchev–Trinajstić information content (AvgIpc) is 3.18. The molecule has 0 saturated carbocycles. The van der Waals surface area contributed by atoms with Crippen molar-refractivity contribution in [1.29, 1.82) is 0 Å². The number of ether oxygens (including phenoxy) is 1. The molecule has 2 N–H and O–H groups in total. The largest absolute Gasteiger partial charge is 0.455 e. The molecule has 0 unspecified atom stereocenters. The van der Waals surface area contributed by atoms with Crippen LogP contribution < -0.4 is 4.72 Å². The van der Waals surface area contributed by atoms with Crippen LogP contribution in [0.5, 0.6) is 0 Å². The molecule has 4 aromatic rings. The number of hydrogen-bond acceptors (Lipinski definition) is 5. The van der Waals surface area contributed by atoms with Gasteiger partial charge in [0.2, 0.25) is 10.0 Å². The van der Waals surface area contributed by atoms with Crippen LogP contribution in [-0.2, 0) is 26.0 Å². The molecule has 0 heterocycles. The highest BCUT2D eigenvalue weighted by Crippen LogP contribution is 2.47. The predicted molar refractivity (Wildman–Crippen MR) is 142 cm³/mol. The Hall–Kier alpha value is -3.52. The molecule has 7 heteroatoms. The van der Waals surface area contributed by atoms with E-state index in [0.29, 0.717) is 6.42 Å². The molecule has 6 nitrogen and oxygen atoms in total. The number of rotatable bonds is 8. The monoisotopic (exact) mass is 515 g/mol. The summed E-state index contributed by atoms with van der Waals surface area (Å²) < 4.78 is 35.5. The Labute approximate surface area is 217 Å². The molecule has 0 saturated heterocycles. The fraction of sp³-hybridized carbons (Fsp3) is 0.233. The molecule has 0 aliphatic heterocycles. The molecule has 0 amide bonds. The number of hydrogen-bond donors (Lipinski definition) is 2. The Morgan fingerprint density at radius 3 is 2.24 bits per heavy atom. The van der Waals surface area contributed by atoms with Crippen LogP contribution in [0.2, 0.25) is 0 Å². The fourth-order valence-corrected chi connectivity index (χ4v) is 6.09. The van der Waals surface area contributed by atoms with Gasteiger partial charge >= 0.3 is 5.97 Å². The zero-order valence-electron chi connectivity index (χ0n) is 20.7. The number of esters is 1. The fourth-order valence-electron chi connectivity index (χ4n) is 4.87. The number of carbonyl (C=O) groups is 1. The summed E-state index contributed by atoms with van der Waals surface area (Å²) in [6, 6.07) is 26.6. The summed E-state index contributed by atoms with van der Waals surface area (Å²) in [5, 5.41) is 12.6. The second kappa shape index (κ2) is 10.1.